The number of rotatable bonds is 7. The van der Waals surface area contributed by atoms with Crippen LogP contribution in [0.25, 0.3) is 0 Å². The number of benzene rings is 2. The van der Waals surface area contributed by atoms with Gasteiger partial charge < -0.3 is 14.8 Å². The number of methoxy groups -OCH3 is 1. The minimum atomic E-state index is -2.84. The first-order chi connectivity index (χ1) is 12.5. The Bertz CT molecular complexity index is 750. The molecule has 0 amide bonds. The summed E-state index contributed by atoms with van der Waals surface area (Å²) in [5.74, 6) is 0.851. The molecule has 2 rings (SSSR count). The van der Waals surface area contributed by atoms with Gasteiger partial charge in [0, 0.05) is 5.69 Å². The van der Waals surface area contributed by atoms with Gasteiger partial charge in [-0.2, -0.15) is 13.9 Å². The SMILES string of the molecule is CCC(=NNC(=S)Nc1ccc(OC)cc1)c1ccc(OC(F)F)cc1. The summed E-state index contributed by atoms with van der Waals surface area (Å²) in [5, 5.41) is 7.62. The van der Waals surface area contributed by atoms with Crippen LogP contribution in [-0.4, -0.2) is 24.5 Å². The Morgan fingerprint density at radius 2 is 1.69 bits per heavy atom. The summed E-state index contributed by atoms with van der Waals surface area (Å²) in [7, 11) is 1.60. The highest BCUT2D eigenvalue weighted by atomic mass is 32.1. The number of nitrogens with zero attached hydrogens (tertiary/aromatic N) is 1. The van der Waals surface area contributed by atoms with E-state index in [9.17, 15) is 8.78 Å². The second kappa shape index (κ2) is 9.67. The summed E-state index contributed by atoms with van der Waals surface area (Å²) < 4.78 is 33.8. The van der Waals surface area contributed by atoms with Gasteiger partial charge in [-0.3, -0.25) is 5.43 Å². The Kier molecular flexibility index (Phi) is 7.28. The second-order valence-electron chi connectivity index (χ2n) is 5.11. The van der Waals surface area contributed by atoms with Gasteiger partial charge in [-0.1, -0.05) is 6.92 Å². The van der Waals surface area contributed by atoms with Crippen molar-refractivity contribution in [3.05, 3.63) is 54.1 Å². The van der Waals surface area contributed by atoms with Crippen LogP contribution < -0.4 is 20.2 Å². The molecule has 0 atom stereocenters. The summed E-state index contributed by atoms with van der Waals surface area (Å²) in [6.07, 6.45) is 0.632. The van der Waals surface area contributed by atoms with Crippen molar-refractivity contribution < 1.29 is 18.3 Å². The molecule has 0 saturated heterocycles. The van der Waals surface area contributed by atoms with E-state index in [0.717, 1.165) is 22.7 Å². The van der Waals surface area contributed by atoms with Gasteiger partial charge in [-0.15, -0.1) is 0 Å². The van der Waals surface area contributed by atoms with E-state index in [-0.39, 0.29) is 5.75 Å². The Morgan fingerprint density at radius 1 is 1.08 bits per heavy atom. The van der Waals surface area contributed by atoms with E-state index < -0.39 is 6.61 Å². The van der Waals surface area contributed by atoms with Gasteiger partial charge in [0.1, 0.15) is 11.5 Å². The first-order valence-electron chi connectivity index (χ1n) is 7.84. The van der Waals surface area contributed by atoms with Crippen molar-refractivity contribution in [2.45, 2.75) is 20.0 Å². The van der Waals surface area contributed by atoms with Crippen LogP contribution in [0.4, 0.5) is 14.5 Å². The van der Waals surface area contributed by atoms with Crippen LogP contribution in [0, 0.1) is 0 Å². The molecule has 0 aromatic heterocycles. The van der Waals surface area contributed by atoms with Gasteiger partial charge in [-0.25, -0.2) is 0 Å². The summed E-state index contributed by atoms with van der Waals surface area (Å²) >= 11 is 5.22. The summed E-state index contributed by atoms with van der Waals surface area (Å²) in [6.45, 7) is -0.910. The topological polar surface area (TPSA) is 54.9 Å². The van der Waals surface area contributed by atoms with Gasteiger partial charge in [0.05, 0.1) is 12.8 Å². The molecule has 0 saturated carbocycles. The number of halogens is 2. The number of thiocarbonyl (C=S) groups is 1. The van der Waals surface area contributed by atoms with Gasteiger partial charge in [0.25, 0.3) is 0 Å². The van der Waals surface area contributed by atoms with E-state index in [0.29, 0.717) is 11.5 Å². The molecule has 0 unspecified atom stereocenters. The largest absolute Gasteiger partial charge is 0.497 e. The lowest BCUT2D eigenvalue weighted by atomic mass is 10.1. The minimum absolute atomic E-state index is 0.101. The highest BCUT2D eigenvalue weighted by Crippen LogP contribution is 2.17. The normalized spacial score (nSPS) is 11.2. The molecule has 26 heavy (non-hydrogen) atoms. The molecule has 0 heterocycles. The number of hydrogen-bond acceptors (Lipinski definition) is 4. The Labute approximate surface area is 156 Å². The summed E-state index contributed by atoms with van der Waals surface area (Å²) in [4.78, 5) is 0. The van der Waals surface area contributed by atoms with Gasteiger partial charge in [-0.05, 0) is 72.7 Å². The zero-order valence-corrected chi connectivity index (χ0v) is 15.1. The molecule has 138 valence electrons. The first kappa shape index (κ1) is 19.6. The van der Waals surface area contributed by atoms with E-state index >= 15 is 0 Å². The number of nitrogens with one attached hydrogen (secondary N) is 2. The van der Waals surface area contributed by atoms with Crippen molar-refractivity contribution >= 4 is 28.7 Å². The van der Waals surface area contributed by atoms with Gasteiger partial charge in [0.2, 0.25) is 0 Å². The number of alkyl halides is 2. The standard InChI is InChI=1S/C18H19F2N3O2S/c1-3-16(12-4-8-15(9-5-12)25-17(19)20)22-23-18(26)21-13-6-10-14(24-2)11-7-13/h4-11,17H,3H2,1-2H3,(H2,21,23,26). The molecule has 0 fully saturated rings. The maximum Gasteiger partial charge on any atom is 0.387 e. The molecule has 0 radical (unpaired) electrons. The smallest absolute Gasteiger partial charge is 0.387 e. The van der Waals surface area contributed by atoms with Crippen LogP contribution in [0.15, 0.2) is 53.6 Å². The van der Waals surface area contributed by atoms with Crippen LogP contribution in [0.5, 0.6) is 11.5 Å². The molecule has 0 bridgehead atoms. The van der Waals surface area contributed by atoms with Crippen LogP contribution in [-0.2, 0) is 0 Å². The van der Waals surface area contributed by atoms with Crippen molar-refractivity contribution in [3.63, 3.8) is 0 Å². The Hall–Kier alpha value is -2.74. The molecule has 0 aliphatic heterocycles. The molecule has 0 aliphatic carbocycles. The Balaban J connectivity index is 1.97. The average Bonchev–Trinajstić information content (AvgIpc) is 2.63. The monoisotopic (exact) mass is 379 g/mol. The highest BCUT2D eigenvalue weighted by molar-refractivity contribution is 7.80. The molecular formula is C18H19F2N3O2S. The summed E-state index contributed by atoms with van der Waals surface area (Å²) in [5.41, 5.74) is 5.09. The third kappa shape index (κ3) is 5.96. The molecule has 0 spiro atoms. The highest BCUT2D eigenvalue weighted by Gasteiger charge is 2.06. The lowest BCUT2D eigenvalue weighted by Crippen LogP contribution is -2.25. The molecular weight excluding hydrogens is 360 g/mol. The molecule has 8 heteroatoms. The lowest BCUT2D eigenvalue weighted by Gasteiger charge is -2.10. The van der Waals surface area contributed by atoms with E-state index in [1.165, 1.54) is 12.1 Å². The fraction of sp³-hybridized carbons (Fsp3) is 0.222. The predicted molar refractivity (Wildman–Crippen MR) is 102 cm³/mol. The van der Waals surface area contributed by atoms with Crippen LogP contribution in [0.3, 0.4) is 0 Å². The number of hydrogen-bond donors (Lipinski definition) is 2. The van der Waals surface area contributed by atoms with E-state index in [1.807, 2.05) is 31.2 Å². The fourth-order valence-electron chi connectivity index (χ4n) is 2.13. The summed E-state index contributed by atoms with van der Waals surface area (Å²) in [6, 6.07) is 13.6. The number of ether oxygens (including phenoxy) is 2. The fourth-order valence-corrected chi connectivity index (χ4v) is 2.29. The molecule has 2 aromatic carbocycles. The van der Waals surface area contributed by atoms with E-state index in [4.69, 9.17) is 17.0 Å². The van der Waals surface area contributed by atoms with Crippen molar-refractivity contribution in [2.24, 2.45) is 5.10 Å². The molecule has 0 aliphatic rings. The molecule has 2 N–H and O–H groups in total. The maximum absolute atomic E-state index is 12.2. The Morgan fingerprint density at radius 3 is 2.23 bits per heavy atom. The number of hydrazone groups is 1. The lowest BCUT2D eigenvalue weighted by molar-refractivity contribution is -0.0498. The minimum Gasteiger partial charge on any atom is -0.497 e. The maximum atomic E-state index is 12.2. The molecule has 5 nitrogen and oxygen atoms in total. The predicted octanol–water partition coefficient (Wildman–Crippen LogP) is 4.40. The van der Waals surface area contributed by atoms with Crippen LogP contribution >= 0.6 is 12.2 Å². The van der Waals surface area contributed by atoms with Gasteiger partial charge in [0.15, 0.2) is 5.11 Å². The van der Waals surface area contributed by atoms with Crippen LogP contribution in [0.1, 0.15) is 18.9 Å². The zero-order valence-electron chi connectivity index (χ0n) is 14.3. The van der Waals surface area contributed by atoms with Crippen molar-refractivity contribution in [1.82, 2.24) is 5.43 Å². The van der Waals surface area contributed by atoms with E-state index in [2.05, 4.69) is 20.6 Å². The second-order valence-corrected chi connectivity index (χ2v) is 5.52. The zero-order chi connectivity index (χ0) is 18.9. The van der Waals surface area contributed by atoms with Crippen LogP contribution in [0.2, 0.25) is 0 Å². The van der Waals surface area contributed by atoms with Crippen molar-refractivity contribution in [1.29, 1.82) is 0 Å². The van der Waals surface area contributed by atoms with Crippen molar-refractivity contribution in [3.8, 4) is 11.5 Å². The quantitative estimate of drug-likeness (QED) is 0.424. The molecule has 2 aromatic rings. The third-order valence-electron chi connectivity index (χ3n) is 3.39. The van der Waals surface area contributed by atoms with Crippen molar-refractivity contribution in [2.75, 3.05) is 12.4 Å². The van der Waals surface area contributed by atoms with Gasteiger partial charge >= 0.3 is 6.61 Å². The number of anilines is 1. The van der Waals surface area contributed by atoms with E-state index in [1.54, 1.807) is 19.2 Å². The first-order valence-corrected chi connectivity index (χ1v) is 8.25. The third-order valence-corrected chi connectivity index (χ3v) is 3.58. The average molecular weight is 379 g/mol.